The van der Waals surface area contributed by atoms with Gasteiger partial charge in [0.2, 0.25) is 0 Å². The topological polar surface area (TPSA) is 3.24 Å². The molecule has 1 saturated heterocycles. The van der Waals surface area contributed by atoms with E-state index in [0.717, 1.165) is 26.3 Å². The van der Waals surface area contributed by atoms with Crippen LogP contribution in [-0.4, -0.2) is 49.1 Å². The average Bonchev–Trinajstić information content (AvgIpc) is 1.86. The van der Waals surface area contributed by atoms with Crippen LogP contribution < -0.4 is 0 Å². The van der Waals surface area contributed by atoms with Crippen LogP contribution in [0.3, 0.4) is 0 Å². The molecule has 0 bridgehead atoms. The third-order valence-electron chi connectivity index (χ3n) is 0.630. The van der Waals surface area contributed by atoms with E-state index in [9.17, 15) is 0 Å². The predicted octanol–water partition coefficient (Wildman–Crippen LogP) is -0.830. The molecule has 0 amide bonds. The zero-order valence-corrected chi connectivity index (χ0v) is 7.10. The Morgan fingerprint density at radius 2 is 1.83 bits per heavy atom. The van der Waals surface area contributed by atoms with Crippen molar-refractivity contribution in [1.82, 2.24) is 4.90 Å². The van der Waals surface area contributed by atoms with Gasteiger partial charge in [0, 0.05) is 0 Å². The molecule has 36 valence electrons. The number of hydrogen-bond acceptors (Lipinski definition) is 1. The van der Waals surface area contributed by atoms with E-state index in [-0.39, 0.29) is 0 Å². The maximum atomic E-state index is 2.42. The van der Waals surface area contributed by atoms with Gasteiger partial charge in [-0.25, -0.2) is 0 Å². The Hall–Kier alpha value is 0.999. The van der Waals surface area contributed by atoms with Crippen LogP contribution in [0.25, 0.3) is 0 Å². The van der Waals surface area contributed by atoms with E-state index in [0.29, 0.717) is 0 Å². The van der Waals surface area contributed by atoms with E-state index in [1.54, 1.807) is 0 Å². The summed E-state index contributed by atoms with van der Waals surface area (Å²) in [6.07, 6.45) is 0. The summed E-state index contributed by atoms with van der Waals surface area (Å²) in [4.78, 5) is 2.42. The molecule has 0 spiro atoms. The first-order valence-electron chi connectivity index (χ1n) is 1.82. The van der Waals surface area contributed by atoms with Crippen molar-refractivity contribution in [3.63, 3.8) is 0 Å². The van der Waals surface area contributed by atoms with Crippen molar-refractivity contribution in [1.29, 1.82) is 0 Å². The van der Waals surface area contributed by atoms with E-state index in [4.69, 9.17) is 0 Å². The van der Waals surface area contributed by atoms with E-state index < -0.39 is 0 Å². The van der Waals surface area contributed by atoms with Gasteiger partial charge in [0.1, 0.15) is 0 Å². The summed E-state index contributed by atoms with van der Waals surface area (Å²) < 4.78 is 0. The second-order valence-electron chi connectivity index (χ2n) is 1.35. The molecule has 0 aromatic rings. The van der Waals surface area contributed by atoms with Gasteiger partial charge in [-0.2, -0.15) is 0 Å². The third kappa shape index (κ3) is 1.25. The van der Waals surface area contributed by atoms with Crippen molar-refractivity contribution in [2.45, 2.75) is 0 Å². The quantitative estimate of drug-likeness (QED) is 0.477. The summed E-state index contributed by atoms with van der Waals surface area (Å²) in [6.45, 7) is 0. The first-order chi connectivity index (χ1) is 2.89. The van der Waals surface area contributed by atoms with Gasteiger partial charge in [-0.1, -0.05) is 0 Å². The summed E-state index contributed by atoms with van der Waals surface area (Å²) in [5, 5.41) is 0. The molecule has 1 aliphatic heterocycles. The third-order valence-corrected chi connectivity index (χ3v) is 7.39. The molecule has 0 N–H and O–H groups in total. The Labute approximate surface area is 49.3 Å². The monoisotopic (exact) mass is 217 g/mol. The second kappa shape index (κ2) is 2.34. The standard InChI is InChI=1S/C3H7NSe2/c1-4-2-5-6-3-4/h2-3H2,1H3. The molecule has 1 nitrogen and oxygen atoms in total. The van der Waals surface area contributed by atoms with Crippen LogP contribution in [0.2, 0.25) is 0 Å². The molecule has 3 heteroatoms. The van der Waals surface area contributed by atoms with Crippen LogP contribution in [0.4, 0.5) is 0 Å². The van der Waals surface area contributed by atoms with Gasteiger partial charge in [0.05, 0.1) is 0 Å². The van der Waals surface area contributed by atoms with Gasteiger partial charge >= 0.3 is 49.1 Å². The van der Waals surface area contributed by atoms with Crippen molar-refractivity contribution in [2.24, 2.45) is 0 Å². The summed E-state index contributed by atoms with van der Waals surface area (Å²) >= 11 is 2.06. The molecule has 0 atom stereocenters. The minimum atomic E-state index is 1.03. The Morgan fingerprint density at radius 1 is 1.33 bits per heavy atom. The molecule has 0 aromatic heterocycles. The van der Waals surface area contributed by atoms with Gasteiger partial charge in [-0.3, -0.25) is 0 Å². The van der Waals surface area contributed by atoms with Crippen molar-refractivity contribution in [3.05, 3.63) is 0 Å². The van der Waals surface area contributed by atoms with Crippen LogP contribution in [0.5, 0.6) is 0 Å². The minimum absolute atomic E-state index is 1.03. The number of nitrogens with zero attached hydrogens (tertiary/aromatic N) is 1. The molecule has 1 fully saturated rings. The Balaban J connectivity index is 2.18. The van der Waals surface area contributed by atoms with Crippen molar-refractivity contribution >= 4 is 26.3 Å². The van der Waals surface area contributed by atoms with E-state index in [1.807, 2.05) is 0 Å². The normalized spacial score (nSPS) is 25.5. The number of rotatable bonds is 0. The molecule has 1 aliphatic rings. The molecule has 0 aliphatic carbocycles. The molecule has 6 heavy (non-hydrogen) atoms. The first-order valence-corrected chi connectivity index (χ1v) is 8.58. The number of hydrogen-bond donors (Lipinski definition) is 0. The van der Waals surface area contributed by atoms with E-state index >= 15 is 0 Å². The van der Waals surface area contributed by atoms with Crippen LogP contribution in [-0.2, 0) is 0 Å². The molecule has 0 saturated carbocycles. The van der Waals surface area contributed by atoms with Crippen LogP contribution in [0, 0.1) is 0 Å². The zero-order chi connectivity index (χ0) is 4.41. The SMILES string of the molecule is CN1C[Se][Se]C1. The Bertz CT molecular complexity index is 42.1. The summed E-state index contributed by atoms with van der Waals surface area (Å²) in [6, 6.07) is 0. The van der Waals surface area contributed by atoms with E-state index in [2.05, 4.69) is 11.9 Å². The predicted molar refractivity (Wildman–Crippen MR) is 29.0 cm³/mol. The molecule has 1 rings (SSSR count). The molecular formula is C3H7NSe2. The van der Waals surface area contributed by atoms with Crippen LogP contribution in [0.1, 0.15) is 0 Å². The van der Waals surface area contributed by atoms with Crippen LogP contribution in [0.15, 0.2) is 0 Å². The van der Waals surface area contributed by atoms with Gasteiger partial charge < -0.3 is 0 Å². The molecule has 0 unspecified atom stereocenters. The van der Waals surface area contributed by atoms with Gasteiger partial charge in [-0.15, -0.1) is 0 Å². The Kier molecular flexibility index (Phi) is 2.01. The molecule has 1 heterocycles. The zero-order valence-electron chi connectivity index (χ0n) is 3.68. The molecular weight excluding hydrogens is 208 g/mol. The Morgan fingerprint density at radius 3 is 2.00 bits per heavy atom. The van der Waals surface area contributed by atoms with E-state index in [1.165, 1.54) is 10.9 Å². The van der Waals surface area contributed by atoms with Gasteiger partial charge in [0.15, 0.2) is 0 Å². The van der Waals surface area contributed by atoms with Crippen molar-refractivity contribution in [2.75, 3.05) is 17.9 Å². The fraction of sp³-hybridized carbons (Fsp3) is 1.00. The second-order valence-corrected chi connectivity index (χ2v) is 8.56. The summed E-state index contributed by atoms with van der Waals surface area (Å²) in [7, 11) is 2.20. The maximum absolute atomic E-state index is 2.42. The molecule has 0 radical (unpaired) electrons. The van der Waals surface area contributed by atoms with Crippen LogP contribution >= 0.6 is 0 Å². The fourth-order valence-corrected chi connectivity index (χ4v) is 7.88. The van der Waals surface area contributed by atoms with Gasteiger partial charge in [0.25, 0.3) is 0 Å². The van der Waals surface area contributed by atoms with Crippen molar-refractivity contribution in [3.8, 4) is 0 Å². The fourth-order valence-electron chi connectivity index (χ4n) is 0.292. The summed E-state index contributed by atoms with van der Waals surface area (Å²) in [5.41, 5.74) is 2.82. The van der Waals surface area contributed by atoms with Crippen molar-refractivity contribution < 1.29 is 0 Å². The first kappa shape index (κ1) is 5.14. The molecule has 0 aromatic carbocycles. The van der Waals surface area contributed by atoms with Gasteiger partial charge in [-0.05, 0) is 0 Å². The summed E-state index contributed by atoms with van der Waals surface area (Å²) in [5.74, 6) is 0. The average molecular weight is 215 g/mol.